The summed E-state index contributed by atoms with van der Waals surface area (Å²) in [6.07, 6.45) is 8.75. The molecule has 43 heavy (non-hydrogen) atoms. The third-order valence-electron chi connectivity index (χ3n) is 9.06. The number of rotatable bonds is 8. The molecule has 0 heterocycles. The Kier molecular flexibility index (Phi) is 10.3. The van der Waals surface area contributed by atoms with Crippen molar-refractivity contribution in [3.8, 4) is 22.3 Å². The summed E-state index contributed by atoms with van der Waals surface area (Å²) < 4.78 is 1.77. The van der Waals surface area contributed by atoms with Crippen molar-refractivity contribution in [1.29, 1.82) is 0 Å². The summed E-state index contributed by atoms with van der Waals surface area (Å²) in [6.45, 7) is 7.49. The topological polar surface area (TPSA) is 0 Å². The minimum absolute atomic E-state index is 0. The van der Waals surface area contributed by atoms with Gasteiger partial charge in [0, 0.05) is 0 Å². The molecule has 0 nitrogen and oxygen atoms in total. The molecule has 0 aliphatic heterocycles. The maximum atomic E-state index is 2.62. The van der Waals surface area contributed by atoms with Crippen molar-refractivity contribution in [3.05, 3.63) is 130 Å². The fourth-order valence-corrected chi connectivity index (χ4v) is 15.5. The molecule has 1 atom stereocenters. The van der Waals surface area contributed by atoms with Crippen LogP contribution in [-0.2, 0) is 28.8 Å². The molecular weight excluding hydrogens is 659 g/mol. The first-order chi connectivity index (χ1) is 20.1. The zero-order chi connectivity index (χ0) is 27.9. The Bertz CT molecular complexity index is 1800. The average Bonchev–Trinajstić information content (AvgIpc) is 3.55. The van der Waals surface area contributed by atoms with Crippen LogP contribution in [0.25, 0.3) is 39.1 Å². The molecule has 0 fully saturated rings. The summed E-state index contributed by atoms with van der Waals surface area (Å²) in [5.74, 6) is -0.248. The van der Waals surface area contributed by atoms with E-state index in [-0.39, 0.29) is 24.8 Å². The number of hydrogen-bond acceptors (Lipinski definition) is 0. The van der Waals surface area contributed by atoms with Gasteiger partial charge in [0.15, 0.2) is 0 Å². The van der Waals surface area contributed by atoms with Crippen LogP contribution < -0.4 is 28.1 Å². The van der Waals surface area contributed by atoms with E-state index in [4.69, 9.17) is 0 Å². The summed E-state index contributed by atoms with van der Waals surface area (Å²) in [4.78, 5) is 0. The van der Waals surface area contributed by atoms with Gasteiger partial charge in [0.05, 0.1) is 0 Å². The molecule has 0 saturated heterocycles. The van der Waals surface area contributed by atoms with E-state index >= 15 is 0 Å². The Hall–Kier alpha value is -2.22. The third-order valence-corrected chi connectivity index (χ3v) is 17.6. The van der Waals surface area contributed by atoms with Crippen LogP contribution in [0.15, 0.2) is 103 Å². The maximum absolute atomic E-state index is 2.62. The SMILES string of the molecule is CCCCCC1=Cc2c(-c3cccc4ccccc34)cccc2C1c1[c]([Zr+2][SiH](C)C)ccc2c1Cc1ccccc1-2.[Cl-].[Cl-]. The van der Waals surface area contributed by atoms with Crippen molar-refractivity contribution in [2.75, 3.05) is 0 Å². The van der Waals surface area contributed by atoms with Gasteiger partial charge in [-0.15, -0.1) is 0 Å². The van der Waals surface area contributed by atoms with E-state index in [1.807, 2.05) is 0 Å². The molecule has 2 aliphatic rings. The number of benzene rings is 5. The van der Waals surface area contributed by atoms with Crippen molar-refractivity contribution >= 4 is 26.0 Å². The van der Waals surface area contributed by atoms with Gasteiger partial charge in [-0.3, -0.25) is 0 Å². The monoisotopic (exact) mass is 694 g/mol. The zero-order valence-corrected chi connectivity index (χ0v) is 30.4. The smallest absolute Gasteiger partial charge is 1.00 e. The Morgan fingerprint density at radius 3 is 2.28 bits per heavy atom. The van der Waals surface area contributed by atoms with Gasteiger partial charge >= 0.3 is 259 Å². The van der Waals surface area contributed by atoms with Gasteiger partial charge < -0.3 is 24.8 Å². The van der Waals surface area contributed by atoms with Crippen LogP contribution in [-0.4, -0.2) is 5.92 Å². The molecule has 0 saturated carbocycles. The van der Waals surface area contributed by atoms with Crippen LogP contribution in [0, 0.1) is 0 Å². The summed E-state index contributed by atoms with van der Waals surface area (Å²) in [6, 6.07) is 37.1. The molecule has 0 spiro atoms. The summed E-state index contributed by atoms with van der Waals surface area (Å²) in [7, 11) is 0. The van der Waals surface area contributed by atoms with Crippen molar-refractivity contribution in [2.24, 2.45) is 0 Å². The Morgan fingerprint density at radius 1 is 0.721 bits per heavy atom. The molecule has 0 radical (unpaired) electrons. The van der Waals surface area contributed by atoms with Crippen molar-refractivity contribution < 1.29 is 47.2 Å². The number of hydrogen-bond donors (Lipinski definition) is 0. The third kappa shape index (κ3) is 5.94. The first-order valence-electron chi connectivity index (χ1n) is 15.5. The van der Waals surface area contributed by atoms with Gasteiger partial charge in [0.2, 0.25) is 0 Å². The largest absolute Gasteiger partial charge is 1.00 e. The number of fused-ring (bicyclic) bond motifs is 5. The fraction of sp³-hybridized carbons (Fsp3) is 0.231. The van der Waals surface area contributed by atoms with E-state index in [9.17, 15) is 0 Å². The minimum atomic E-state index is -0.641. The minimum Gasteiger partial charge on any atom is -1.00 e. The van der Waals surface area contributed by atoms with Gasteiger partial charge in [-0.2, -0.15) is 0 Å². The van der Waals surface area contributed by atoms with Gasteiger partial charge in [0.1, 0.15) is 0 Å². The molecule has 7 rings (SSSR count). The maximum Gasteiger partial charge on any atom is -1.00 e. The molecule has 0 bridgehead atoms. The summed E-state index contributed by atoms with van der Waals surface area (Å²) in [5.41, 5.74) is 15.2. The van der Waals surface area contributed by atoms with Crippen molar-refractivity contribution in [3.63, 3.8) is 0 Å². The zero-order valence-electron chi connectivity index (χ0n) is 25.3. The number of halogens is 2. The molecular formula is C39H38Cl2SiZr. The predicted octanol–water partition coefficient (Wildman–Crippen LogP) is 3.89. The predicted molar refractivity (Wildman–Crippen MR) is 177 cm³/mol. The molecule has 0 aromatic heterocycles. The Labute approximate surface area is 282 Å². The normalized spacial score (nSPS) is 14.3. The van der Waals surface area contributed by atoms with Gasteiger partial charge in [-0.05, 0) is 0 Å². The van der Waals surface area contributed by atoms with Gasteiger partial charge in [0.25, 0.3) is 0 Å². The molecule has 5 aromatic rings. The second kappa shape index (κ2) is 13.8. The van der Waals surface area contributed by atoms with E-state index in [0.717, 1.165) is 6.42 Å². The molecule has 216 valence electrons. The van der Waals surface area contributed by atoms with Crippen molar-refractivity contribution in [2.45, 2.75) is 58.0 Å². The molecule has 4 heteroatoms. The molecule has 0 amide bonds. The second-order valence-corrected chi connectivity index (χ2v) is 26.7. The standard InChI is InChI=1S/C37H31.C2H7Si.2ClH.Zr/c1-2-3-4-14-27-24-36-32(30-18-9-15-25-12-5-7-16-28(25)30)20-11-22-34(36)37(27)33-21-10-19-31-29-17-8-6-13-26(29)23-35(31)33;1-3-2;;;/h5-13,15-20,22,24,37H,2-4,14,23H2,1H3;3H,1-2H3;2*1H;/q;;;;+2/p-2. The first kappa shape index (κ1) is 32.2. The van der Waals surface area contributed by atoms with Crippen LogP contribution in [0.4, 0.5) is 0 Å². The summed E-state index contributed by atoms with van der Waals surface area (Å²) >= 11 is -0.608. The molecule has 0 N–H and O–H groups in total. The van der Waals surface area contributed by atoms with E-state index in [0.29, 0.717) is 5.92 Å². The van der Waals surface area contributed by atoms with E-state index in [1.54, 1.807) is 20.0 Å². The Balaban J connectivity index is 0.00000184. The van der Waals surface area contributed by atoms with E-state index < -0.39 is 28.3 Å². The number of allylic oxidation sites excluding steroid dienone is 1. The fourth-order valence-electron chi connectivity index (χ4n) is 7.30. The van der Waals surface area contributed by atoms with Crippen LogP contribution in [0.3, 0.4) is 0 Å². The van der Waals surface area contributed by atoms with Crippen LogP contribution in [0.1, 0.15) is 66.3 Å². The number of unbranched alkanes of at least 4 members (excludes halogenated alkanes) is 2. The average molecular weight is 697 g/mol. The Morgan fingerprint density at radius 2 is 1.44 bits per heavy atom. The molecule has 2 aliphatic carbocycles. The quantitative estimate of drug-likeness (QED) is 0.168. The van der Waals surface area contributed by atoms with Gasteiger partial charge in [-0.25, -0.2) is 0 Å². The molecule has 5 aromatic carbocycles. The van der Waals surface area contributed by atoms with E-state index in [1.165, 1.54) is 75.4 Å². The summed E-state index contributed by atoms with van der Waals surface area (Å²) in [5, 5.41) is 2.67. The van der Waals surface area contributed by atoms with Crippen molar-refractivity contribution in [1.82, 2.24) is 0 Å². The molecule has 1 unspecified atom stereocenters. The van der Waals surface area contributed by atoms with Crippen LogP contribution in [0.2, 0.25) is 13.1 Å². The van der Waals surface area contributed by atoms with Gasteiger partial charge in [-0.1, -0.05) is 0 Å². The van der Waals surface area contributed by atoms with Crippen LogP contribution >= 0.6 is 0 Å². The first-order valence-corrected chi connectivity index (χ1v) is 23.8. The second-order valence-electron chi connectivity index (χ2n) is 12.1. The van der Waals surface area contributed by atoms with Crippen LogP contribution in [0.5, 0.6) is 0 Å². The van der Waals surface area contributed by atoms with E-state index in [2.05, 4.69) is 123 Å².